The normalized spacial score (nSPS) is 19.3. The molecule has 1 fully saturated rings. The Morgan fingerprint density at radius 3 is 2.00 bits per heavy atom. The maximum absolute atomic E-state index is 5.14. The van der Waals surface area contributed by atoms with Crippen molar-refractivity contribution in [3.05, 3.63) is 47.6 Å². The van der Waals surface area contributed by atoms with Crippen LogP contribution >= 0.6 is 0 Å². The molecule has 1 rings (SSSR count). The zero-order valence-electron chi connectivity index (χ0n) is 20.8. The predicted octanol–water partition coefficient (Wildman–Crippen LogP) is 10.5. The predicted molar refractivity (Wildman–Crippen MR) is 143 cm³/mol. The highest BCUT2D eigenvalue weighted by Gasteiger charge is 2.18. The van der Waals surface area contributed by atoms with Gasteiger partial charge in [-0.15, -0.1) is 6.42 Å². The average Bonchev–Trinajstić information content (AvgIpc) is 2.78. The number of rotatable bonds is 9. The lowest BCUT2D eigenvalue weighted by Gasteiger charge is -2.27. The molecule has 1 aliphatic rings. The summed E-state index contributed by atoms with van der Waals surface area (Å²) < 4.78 is 0. The largest absolute Gasteiger partial charge is 0.115 e. The van der Waals surface area contributed by atoms with Crippen molar-refractivity contribution >= 4 is 0 Å². The molecule has 0 nitrogen and oxygen atoms in total. The molecule has 0 aromatic heterocycles. The molecular weight excluding hydrogens is 360 g/mol. The monoisotopic (exact) mass is 414 g/mol. The second-order valence-corrected chi connectivity index (χ2v) is 7.65. The summed E-state index contributed by atoms with van der Waals surface area (Å²) in [5.41, 5.74) is 2.53. The molecule has 0 aromatic carbocycles. The lowest BCUT2D eigenvalue weighted by Crippen LogP contribution is -2.13. The summed E-state index contributed by atoms with van der Waals surface area (Å²) in [6, 6.07) is 0. The van der Waals surface area contributed by atoms with Crippen molar-refractivity contribution in [1.29, 1.82) is 0 Å². The second-order valence-electron chi connectivity index (χ2n) is 7.65. The number of hydrogen-bond donors (Lipinski definition) is 0. The van der Waals surface area contributed by atoms with Gasteiger partial charge in [0.2, 0.25) is 0 Å². The molecular formula is C30H54. The van der Waals surface area contributed by atoms with Crippen molar-refractivity contribution in [3.8, 4) is 12.3 Å². The van der Waals surface area contributed by atoms with E-state index < -0.39 is 0 Å². The number of terminal acetylenes is 1. The Balaban J connectivity index is -0.000000484. The maximum atomic E-state index is 5.14. The van der Waals surface area contributed by atoms with Crippen molar-refractivity contribution in [2.45, 2.75) is 120 Å². The third-order valence-electron chi connectivity index (χ3n) is 5.72. The van der Waals surface area contributed by atoms with Crippen LogP contribution in [0.25, 0.3) is 0 Å². The fourth-order valence-corrected chi connectivity index (χ4v) is 3.62. The van der Waals surface area contributed by atoms with Crippen molar-refractivity contribution in [1.82, 2.24) is 0 Å². The van der Waals surface area contributed by atoms with E-state index in [4.69, 9.17) is 6.42 Å². The zero-order valence-corrected chi connectivity index (χ0v) is 20.8. The molecule has 30 heavy (non-hydrogen) atoms. The van der Waals surface area contributed by atoms with Crippen molar-refractivity contribution in [2.24, 2.45) is 11.8 Å². The van der Waals surface area contributed by atoms with E-state index in [-0.39, 0.29) is 7.43 Å². The highest BCUT2D eigenvalue weighted by molar-refractivity contribution is 5.33. The SMILES string of the molecule is C.C#C/C=C(CC)\C(C)=C/C.CC.CC/C=C\C=C/CCCC1CCC(CC)CC1. The summed E-state index contributed by atoms with van der Waals surface area (Å²) in [6.07, 6.45) is 31.6. The summed E-state index contributed by atoms with van der Waals surface area (Å²) in [5, 5.41) is 0. The first-order valence-corrected chi connectivity index (χ1v) is 12.2. The molecule has 0 spiro atoms. The summed E-state index contributed by atoms with van der Waals surface area (Å²) in [6.45, 7) is 14.7. The quantitative estimate of drug-likeness (QED) is 0.200. The molecule has 0 aliphatic heterocycles. The molecule has 1 saturated carbocycles. The van der Waals surface area contributed by atoms with Crippen LogP contribution in [0, 0.1) is 24.2 Å². The summed E-state index contributed by atoms with van der Waals surface area (Å²) in [4.78, 5) is 0. The van der Waals surface area contributed by atoms with E-state index in [1.54, 1.807) is 0 Å². The van der Waals surface area contributed by atoms with Crippen LogP contribution in [-0.4, -0.2) is 0 Å². The average molecular weight is 415 g/mol. The van der Waals surface area contributed by atoms with Gasteiger partial charge in [0.05, 0.1) is 0 Å². The third-order valence-corrected chi connectivity index (χ3v) is 5.72. The first-order chi connectivity index (χ1) is 14.1. The van der Waals surface area contributed by atoms with Crippen LogP contribution in [0.4, 0.5) is 0 Å². The zero-order chi connectivity index (χ0) is 22.3. The molecule has 0 heterocycles. The van der Waals surface area contributed by atoms with Crippen molar-refractivity contribution in [2.75, 3.05) is 0 Å². The Hall–Kier alpha value is -1.48. The standard InChI is InChI=1S/C17H30.C10H14.C2H6.CH4/c1-3-5-6-7-8-9-10-11-17-14-12-16(4-2)13-15-17;1-5-8-10(7-3)9(4)6-2;1-2;/h5-8,16-17H,3-4,9-15H2,1-2H3;1,6,8H,7H2,2-4H3;1-2H3;1H4/b6-5-,8-7-;9-6-,10-8-;;. The highest BCUT2D eigenvalue weighted by atomic mass is 14.2. The Morgan fingerprint density at radius 2 is 1.53 bits per heavy atom. The smallest absolute Gasteiger partial charge is 0.00870 e. The van der Waals surface area contributed by atoms with Gasteiger partial charge in [0.15, 0.2) is 0 Å². The molecule has 0 bridgehead atoms. The van der Waals surface area contributed by atoms with Crippen LogP contribution in [0.5, 0.6) is 0 Å². The van der Waals surface area contributed by atoms with Gasteiger partial charge in [-0.25, -0.2) is 0 Å². The molecule has 0 N–H and O–H groups in total. The topological polar surface area (TPSA) is 0 Å². The van der Waals surface area contributed by atoms with Gasteiger partial charge in [-0.2, -0.15) is 0 Å². The number of unbranched alkanes of at least 4 members (excludes halogenated alkanes) is 1. The van der Waals surface area contributed by atoms with Crippen molar-refractivity contribution in [3.63, 3.8) is 0 Å². The fourth-order valence-electron chi connectivity index (χ4n) is 3.62. The molecule has 1 aliphatic carbocycles. The van der Waals surface area contributed by atoms with E-state index in [9.17, 15) is 0 Å². The minimum atomic E-state index is 0. The molecule has 0 atom stereocenters. The molecule has 0 unspecified atom stereocenters. The minimum absolute atomic E-state index is 0. The Kier molecular flexibility index (Phi) is 28.3. The van der Waals surface area contributed by atoms with Gasteiger partial charge in [0.1, 0.15) is 0 Å². The van der Waals surface area contributed by atoms with E-state index >= 15 is 0 Å². The fraction of sp³-hybridized carbons (Fsp3) is 0.667. The van der Waals surface area contributed by atoms with Gasteiger partial charge in [0.25, 0.3) is 0 Å². The summed E-state index contributed by atoms with van der Waals surface area (Å²) >= 11 is 0. The Labute approximate surface area is 192 Å². The number of hydrogen-bond acceptors (Lipinski definition) is 0. The van der Waals surface area contributed by atoms with Gasteiger partial charge < -0.3 is 0 Å². The summed E-state index contributed by atoms with van der Waals surface area (Å²) in [7, 11) is 0. The van der Waals surface area contributed by atoms with Gasteiger partial charge in [0, 0.05) is 0 Å². The molecule has 0 heteroatoms. The van der Waals surface area contributed by atoms with Crippen molar-refractivity contribution < 1.29 is 0 Å². The van der Waals surface area contributed by atoms with E-state index in [2.05, 4.69) is 64.0 Å². The molecule has 0 radical (unpaired) electrons. The van der Waals surface area contributed by atoms with E-state index in [1.807, 2.05) is 26.8 Å². The second kappa shape index (κ2) is 25.6. The van der Waals surface area contributed by atoms with Crippen LogP contribution in [-0.2, 0) is 0 Å². The number of allylic oxidation sites excluding steroid dienone is 8. The van der Waals surface area contributed by atoms with E-state index in [1.165, 1.54) is 62.5 Å². The van der Waals surface area contributed by atoms with Crippen LogP contribution in [0.15, 0.2) is 47.6 Å². The van der Waals surface area contributed by atoms with E-state index in [0.717, 1.165) is 24.7 Å². The molecule has 0 amide bonds. The van der Waals surface area contributed by atoms with Gasteiger partial charge in [-0.1, -0.05) is 122 Å². The maximum Gasteiger partial charge on any atom is -0.00870 e. The third kappa shape index (κ3) is 18.5. The molecule has 0 saturated heterocycles. The lowest BCUT2D eigenvalue weighted by atomic mass is 9.79. The van der Waals surface area contributed by atoms with Gasteiger partial charge in [-0.05, 0) is 63.0 Å². The van der Waals surface area contributed by atoms with Crippen LogP contribution in [0.3, 0.4) is 0 Å². The van der Waals surface area contributed by atoms with Gasteiger partial charge >= 0.3 is 0 Å². The Morgan fingerprint density at radius 1 is 0.967 bits per heavy atom. The molecule has 174 valence electrons. The highest BCUT2D eigenvalue weighted by Crippen LogP contribution is 2.33. The first-order valence-electron chi connectivity index (χ1n) is 12.2. The van der Waals surface area contributed by atoms with Crippen LogP contribution in [0.1, 0.15) is 120 Å². The minimum Gasteiger partial charge on any atom is -0.115 e. The Bertz CT molecular complexity index is 499. The molecule has 0 aromatic rings. The van der Waals surface area contributed by atoms with E-state index in [0.29, 0.717) is 0 Å². The van der Waals surface area contributed by atoms with Crippen LogP contribution < -0.4 is 0 Å². The summed E-state index contributed by atoms with van der Waals surface area (Å²) in [5.74, 6) is 4.62. The van der Waals surface area contributed by atoms with Crippen LogP contribution in [0.2, 0.25) is 0 Å². The van der Waals surface area contributed by atoms with Gasteiger partial charge in [-0.3, -0.25) is 0 Å². The lowest BCUT2D eigenvalue weighted by molar-refractivity contribution is 0.256. The first kappa shape index (κ1) is 33.2.